The second-order valence-electron chi connectivity index (χ2n) is 2.18. The largest absolute Gasteiger partial charge is 0.211 e. The molecule has 0 atom stereocenters. The Morgan fingerprint density at radius 2 is 2.10 bits per heavy atom. The van der Waals surface area contributed by atoms with Crippen LogP contribution in [-0.2, 0) is 0 Å². The summed E-state index contributed by atoms with van der Waals surface area (Å²) in [6.45, 7) is 1.44. The third-order valence-corrected chi connectivity index (χ3v) is 1.44. The number of hydrogen-bond donors (Lipinski definition) is 0. The zero-order chi connectivity index (χ0) is 7.56. The monoisotopic (exact) mass is 142 g/mol. The molecule has 0 radical (unpaired) electrons. The molecule has 0 bridgehead atoms. The van der Waals surface area contributed by atoms with E-state index in [1.807, 2.05) is 0 Å². The number of rotatable bonds is 0. The summed E-state index contributed by atoms with van der Waals surface area (Å²) in [6.07, 6.45) is 4.58. The van der Waals surface area contributed by atoms with Crippen LogP contribution in [0.4, 0.5) is 8.78 Å². The highest BCUT2D eigenvalue weighted by atomic mass is 19.1. The van der Waals surface area contributed by atoms with Crippen molar-refractivity contribution in [3.05, 3.63) is 35.5 Å². The molecule has 2 heteroatoms. The molecule has 10 heavy (non-hydrogen) atoms. The van der Waals surface area contributed by atoms with E-state index < -0.39 is 5.83 Å². The van der Waals surface area contributed by atoms with Gasteiger partial charge in [0, 0.05) is 12.0 Å². The number of halogens is 2. The van der Waals surface area contributed by atoms with Gasteiger partial charge in [-0.1, -0.05) is 12.2 Å². The van der Waals surface area contributed by atoms with E-state index in [0.717, 1.165) is 0 Å². The molecule has 0 amide bonds. The molecular formula is C8H8F2. The average molecular weight is 142 g/mol. The van der Waals surface area contributed by atoms with Crippen LogP contribution >= 0.6 is 0 Å². The first kappa shape index (κ1) is 7.19. The first-order valence-corrected chi connectivity index (χ1v) is 3.10. The maximum atomic E-state index is 12.6. The quantitative estimate of drug-likeness (QED) is 0.487. The second kappa shape index (κ2) is 2.78. The SMILES string of the molecule is CC1=C(F)CC=CC=C1F. The van der Waals surface area contributed by atoms with Gasteiger partial charge < -0.3 is 0 Å². The van der Waals surface area contributed by atoms with Crippen LogP contribution in [0, 0.1) is 0 Å². The van der Waals surface area contributed by atoms with E-state index in [0.29, 0.717) is 0 Å². The minimum atomic E-state index is -0.480. The van der Waals surface area contributed by atoms with Gasteiger partial charge in [-0.05, 0) is 13.0 Å². The van der Waals surface area contributed by atoms with Gasteiger partial charge in [-0.3, -0.25) is 0 Å². The maximum Gasteiger partial charge on any atom is 0.128 e. The van der Waals surface area contributed by atoms with Gasteiger partial charge in [0.15, 0.2) is 0 Å². The minimum absolute atomic E-state index is 0.116. The lowest BCUT2D eigenvalue weighted by molar-refractivity contribution is 0.582. The first-order valence-electron chi connectivity index (χ1n) is 3.10. The van der Waals surface area contributed by atoms with Crippen LogP contribution in [0.3, 0.4) is 0 Å². The first-order chi connectivity index (χ1) is 4.72. The molecule has 1 rings (SSSR count). The van der Waals surface area contributed by atoms with Gasteiger partial charge in [-0.15, -0.1) is 0 Å². The number of hydrogen-bond acceptors (Lipinski definition) is 0. The van der Waals surface area contributed by atoms with E-state index in [9.17, 15) is 8.78 Å². The molecule has 1 aliphatic carbocycles. The van der Waals surface area contributed by atoms with Gasteiger partial charge >= 0.3 is 0 Å². The van der Waals surface area contributed by atoms with Crippen molar-refractivity contribution in [1.82, 2.24) is 0 Å². The Hall–Kier alpha value is -0.920. The van der Waals surface area contributed by atoms with Crippen molar-refractivity contribution in [2.24, 2.45) is 0 Å². The Kier molecular flexibility index (Phi) is 2.00. The van der Waals surface area contributed by atoms with E-state index in [2.05, 4.69) is 0 Å². The highest BCUT2D eigenvalue weighted by molar-refractivity contribution is 5.32. The van der Waals surface area contributed by atoms with E-state index >= 15 is 0 Å². The standard InChI is InChI=1S/C8H8F2/c1-6-7(9)4-2-3-5-8(6)10/h2-4H,5H2,1H3. The van der Waals surface area contributed by atoms with Gasteiger partial charge in [0.1, 0.15) is 11.7 Å². The molecule has 1 aliphatic rings. The average Bonchev–Trinajstić information content (AvgIpc) is 2.04. The van der Waals surface area contributed by atoms with Crippen LogP contribution in [0.2, 0.25) is 0 Å². The molecule has 0 aromatic rings. The molecule has 54 valence electrons. The molecule has 0 saturated carbocycles. The van der Waals surface area contributed by atoms with Gasteiger partial charge in [-0.2, -0.15) is 0 Å². The van der Waals surface area contributed by atoms with E-state index in [4.69, 9.17) is 0 Å². The molecule has 0 aliphatic heterocycles. The third-order valence-electron chi connectivity index (χ3n) is 1.44. The zero-order valence-electron chi connectivity index (χ0n) is 5.70. The summed E-state index contributed by atoms with van der Waals surface area (Å²) in [5.74, 6) is -0.867. The molecule has 0 fully saturated rings. The van der Waals surface area contributed by atoms with E-state index in [1.54, 1.807) is 6.08 Å². The van der Waals surface area contributed by atoms with Crippen molar-refractivity contribution in [3.63, 3.8) is 0 Å². The minimum Gasteiger partial charge on any atom is -0.211 e. The normalized spacial score (nSPS) is 18.9. The molecule has 0 aromatic heterocycles. The van der Waals surface area contributed by atoms with Crippen LogP contribution in [0.25, 0.3) is 0 Å². The highest BCUT2D eigenvalue weighted by Crippen LogP contribution is 2.21. The fraction of sp³-hybridized carbons (Fsp3) is 0.250. The van der Waals surface area contributed by atoms with Gasteiger partial charge in [0.25, 0.3) is 0 Å². The summed E-state index contributed by atoms with van der Waals surface area (Å²) < 4.78 is 25.2. The van der Waals surface area contributed by atoms with E-state index in [1.165, 1.54) is 19.1 Å². The Bertz CT molecular complexity index is 216. The summed E-state index contributed by atoms with van der Waals surface area (Å²) >= 11 is 0. The Morgan fingerprint density at radius 3 is 2.80 bits per heavy atom. The molecular weight excluding hydrogens is 134 g/mol. The van der Waals surface area contributed by atoms with Crippen LogP contribution in [0.15, 0.2) is 35.5 Å². The Labute approximate surface area is 58.6 Å². The topological polar surface area (TPSA) is 0 Å². The van der Waals surface area contributed by atoms with Gasteiger partial charge in [0.05, 0.1) is 0 Å². The highest BCUT2D eigenvalue weighted by Gasteiger charge is 2.06. The van der Waals surface area contributed by atoms with Crippen LogP contribution in [0.1, 0.15) is 13.3 Å². The summed E-state index contributed by atoms with van der Waals surface area (Å²) in [5.41, 5.74) is 0.116. The maximum absolute atomic E-state index is 12.6. The lowest BCUT2D eigenvalue weighted by Crippen LogP contribution is -1.79. The lowest BCUT2D eigenvalue weighted by atomic mass is 10.2. The molecule has 0 heterocycles. The lowest BCUT2D eigenvalue weighted by Gasteiger charge is -1.95. The van der Waals surface area contributed by atoms with Gasteiger partial charge in [0.2, 0.25) is 0 Å². The van der Waals surface area contributed by atoms with Crippen molar-refractivity contribution in [1.29, 1.82) is 0 Å². The Morgan fingerprint density at radius 1 is 1.40 bits per heavy atom. The van der Waals surface area contributed by atoms with Crippen LogP contribution < -0.4 is 0 Å². The van der Waals surface area contributed by atoms with Gasteiger partial charge in [-0.25, -0.2) is 8.78 Å². The summed E-state index contributed by atoms with van der Waals surface area (Å²) in [6, 6.07) is 0. The Balaban J connectivity index is 3.00. The predicted octanol–water partition coefficient (Wildman–Crippen LogP) is 3.04. The van der Waals surface area contributed by atoms with Crippen molar-refractivity contribution in [2.75, 3.05) is 0 Å². The fourth-order valence-corrected chi connectivity index (χ4v) is 0.732. The zero-order valence-corrected chi connectivity index (χ0v) is 5.70. The van der Waals surface area contributed by atoms with Crippen molar-refractivity contribution >= 4 is 0 Å². The van der Waals surface area contributed by atoms with Crippen molar-refractivity contribution < 1.29 is 8.78 Å². The number of allylic oxidation sites excluding steroid dienone is 6. The van der Waals surface area contributed by atoms with Crippen molar-refractivity contribution in [2.45, 2.75) is 13.3 Å². The summed E-state index contributed by atoms with van der Waals surface area (Å²) in [5, 5.41) is 0. The van der Waals surface area contributed by atoms with Crippen LogP contribution in [0.5, 0.6) is 0 Å². The predicted molar refractivity (Wildman–Crippen MR) is 36.8 cm³/mol. The molecule has 0 nitrogen and oxygen atoms in total. The fourth-order valence-electron chi connectivity index (χ4n) is 0.732. The smallest absolute Gasteiger partial charge is 0.128 e. The molecule has 0 spiro atoms. The van der Waals surface area contributed by atoms with Crippen LogP contribution in [-0.4, -0.2) is 0 Å². The molecule has 0 aromatic carbocycles. The summed E-state index contributed by atoms with van der Waals surface area (Å²) in [7, 11) is 0. The molecule has 0 saturated heterocycles. The third kappa shape index (κ3) is 1.32. The molecule has 0 unspecified atom stereocenters. The summed E-state index contributed by atoms with van der Waals surface area (Å²) in [4.78, 5) is 0. The molecule has 0 N–H and O–H groups in total. The van der Waals surface area contributed by atoms with Crippen molar-refractivity contribution in [3.8, 4) is 0 Å². The second-order valence-corrected chi connectivity index (χ2v) is 2.18. The van der Waals surface area contributed by atoms with E-state index in [-0.39, 0.29) is 17.8 Å².